The highest BCUT2D eigenvalue weighted by Gasteiger charge is 2.48. The fraction of sp³-hybridized carbons (Fsp3) is 0.950. The number of rotatable bonds is 11. The third-order valence-electron chi connectivity index (χ3n) is 5.67. The Morgan fingerprint density at radius 1 is 0.750 bits per heavy atom. The first-order chi connectivity index (χ1) is 15.2. The number of hydrogen-bond donors (Lipinski definition) is 7. The van der Waals surface area contributed by atoms with Gasteiger partial charge in [0.25, 0.3) is 0 Å². The first kappa shape index (κ1) is 27.3. The molecule has 2 heterocycles. The molecular weight excluding hydrogens is 432 g/mol. The minimum atomic E-state index is -1.70. The molecule has 0 aliphatic carbocycles. The van der Waals surface area contributed by atoms with Crippen LogP contribution in [0.4, 0.5) is 0 Å². The number of aliphatic hydroxyl groups is 7. The molecule has 0 radical (unpaired) electrons. The Bertz CT molecular complexity index is 561. The lowest BCUT2D eigenvalue weighted by atomic mass is 9.98. The van der Waals surface area contributed by atoms with Gasteiger partial charge in [-0.3, -0.25) is 4.79 Å². The Balaban J connectivity index is 1.89. The maximum Gasteiger partial charge on any atom is 0.308 e. The van der Waals surface area contributed by atoms with Crippen LogP contribution in [0.25, 0.3) is 0 Å². The molecule has 2 aliphatic heterocycles. The number of ether oxygens (including phenoxy) is 4. The average Bonchev–Trinajstić information content (AvgIpc) is 2.78. The van der Waals surface area contributed by atoms with Crippen molar-refractivity contribution in [3.05, 3.63) is 0 Å². The molecule has 0 spiro atoms. The molecule has 0 saturated carbocycles. The lowest BCUT2D eigenvalue weighted by Crippen LogP contribution is -2.61. The molecule has 0 aromatic carbocycles. The van der Waals surface area contributed by atoms with E-state index in [-0.39, 0.29) is 6.42 Å². The number of unbranched alkanes of at least 4 members (excludes halogenated alkanes) is 4. The van der Waals surface area contributed by atoms with E-state index in [1.165, 1.54) is 0 Å². The van der Waals surface area contributed by atoms with Crippen LogP contribution < -0.4 is 0 Å². The maximum absolute atomic E-state index is 12.1. The van der Waals surface area contributed by atoms with E-state index in [0.717, 1.165) is 25.7 Å². The summed E-state index contributed by atoms with van der Waals surface area (Å²) in [6, 6.07) is 0. The third kappa shape index (κ3) is 7.03. The molecule has 0 aromatic rings. The van der Waals surface area contributed by atoms with Gasteiger partial charge in [0, 0.05) is 6.42 Å². The van der Waals surface area contributed by atoms with Crippen molar-refractivity contribution in [3.63, 3.8) is 0 Å². The second-order valence-corrected chi connectivity index (χ2v) is 8.20. The van der Waals surface area contributed by atoms with Gasteiger partial charge in [0.05, 0.1) is 13.2 Å². The Labute approximate surface area is 186 Å². The SMILES string of the molecule is CCCCCCCC(=O)O[C@@H]1O[C@H](CO[C@@H]2O[C@H](CO)[C@@H](O)[C@H](O)[C@H]2O)[C@@H](O)[C@H](O)[C@H]1O. The van der Waals surface area contributed by atoms with Crippen molar-refractivity contribution in [2.75, 3.05) is 13.2 Å². The molecule has 12 heteroatoms. The summed E-state index contributed by atoms with van der Waals surface area (Å²) in [6.45, 7) is 0.945. The number of esters is 1. The third-order valence-corrected chi connectivity index (χ3v) is 5.67. The van der Waals surface area contributed by atoms with Crippen LogP contribution in [0.1, 0.15) is 45.4 Å². The zero-order valence-corrected chi connectivity index (χ0v) is 18.1. The summed E-state index contributed by atoms with van der Waals surface area (Å²) < 4.78 is 21.0. The number of hydrogen-bond acceptors (Lipinski definition) is 12. The van der Waals surface area contributed by atoms with Crippen molar-refractivity contribution >= 4 is 5.97 Å². The molecule has 12 nitrogen and oxygen atoms in total. The first-order valence-corrected chi connectivity index (χ1v) is 11.0. The summed E-state index contributed by atoms with van der Waals surface area (Å²) in [4.78, 5) is 12.1. The van der Waals surface area contributed by atoms with Crippen molar-refractivity contribution in [2.45, 2.75) is 107 Å². The summed E-state index contributed by atoms with van der Waals surface area (Å²) >= 11 is 0. The summed E-state index contributed by atoms with van der Waals surface area (Å²) in [6.07, 6.45) is -10.6. The standard InChI is InChI=1S/C20H36O12/c1-2-3-4-5-6-7-12(22)32-20-18(28)16(26)14(24)11(31-20)9-29-19-17(27)15(25)13(23)10(8-21)30-19/h10-11,13-21,23-28H,2-9H2,1H3/t10-,11-,13-,14-,15+,16+,17-,18-,19-,20+/m1/s1. The van der Waals surface area contributed by atoms with Gasteiger partial charge >= 0.3 is 5.97 Å². The number of aliphatic hydroxyl groups excluding tert-OH is 7. The lowest BCUT2D eigenvalue weighted by Gasteiger charge is -2.42. The lowest BCUT2D eigenvalue weighted by molar-refractivity contribution is -0.327. The van der Waals surface area contributed by atoms with E-state index in [0.29, 0.717) is 6.42 Å². The predicted octanol–water partition coefficient (Wildman–Crippen LogP) is -2.49. The van der Waals surface area contributed by atoms with Gasteiger partial charge in [0.15, 0.2) is 6.29 Å². The molecule has 0 bridgehead atoms. The second-order valence-electron chi connectivity index (χ2n) is 8.20. The van der Waals surface area contributed by atoms with E-state index in [4.69, 9.17) is 18.9 Å². The predicted molar refractivity (Wildman–Crippen MR) is 106 cm³/mol. The topological polar surface area (TPSA) is 196 Å². The van der Waals surface area contributed by atoms with Gasteiger partial charge in [-0.2, -0.15) is 0 Å². The smallest absolute Gasteiger partial charge is 0.308 e. The largest absolute Gasteiger partial charge is 0.433 e. The van der Waals surface area contributed by atoms with Crippen LogP contribution in [0.15, 0.2) is 0 Å². The fourth-order valence-electron chi connectivity index (χ4n) is 3.61. The molecule has 2 saturated heterocycles. The van der Waals surface area contributed by atoms with Crippen LogP contribution in [0, 0.1) is 0 Å². The number of carbonyl (C=O) groups is 1. The molecule has 188 valence electrons. The van der Waals surface area contributed by atoms with Crippen molar-refractivity contribution in [1.29, 1.82) is 0 Å². The van der Waals surface area contributed by atoms with Crippen LogP contribution in [0.3, 0.4) is 0 Å². The Morgan fingerprint density at radius 2 is 1.31 bits per heavy atom. The summed E-state index contributed by atoms with van der Waals surface area (Å²) in [7, 11) is 0. The highest BCUT2D eigenvalue weighted by Crippen LogP contribution is 2.26. The van der Waals surface area contributed by atoms with Crippen molar-refractivity contribution < 1.29 is 59.5 Å². The molecule has 2 rings (SSSR count). The normalized spacial score (nSPS) is 40.2. The Morgan fingerprint density at radius 3 is 1.94 bits per heavy atom. The molecular formula is C20H36O12. The minimum Gasteiger partial charge on any atom is -0.433 e. The molecule has 32 heavy (non-hydrogen) atoms. The fourth-order valence-corrected chi connectivity index (χ4v) is 3.61. The maximum atomic E-state index is 12.1. The van der Waals surface area contributed by atoms with Crippen LogP contribution >= 0.6 is 0 Å². The highest BCUT2D eigenvalue weighted by atomic mass is 16.7. The molecule has 0 aromatic heterocycles. The van der Waals surface area contributed by atoms with E-state index < -0.39 is 80.6 Å². The van der Waals surface area contributed by atoms with E-state index in [9.17, 15) is 40.5 Å². The van der Waals surface area contributed by atoms with E-state index in [1.54, 1.807) is 0 Å². The van der Waals surface area contributed by atoms with E-state index >= 15 is 0 Å². The second kappa shape index (κ2) is 13.1. The zero-order chi connectivity index (χ0) is 23.8. The van der Waals surface area contributed by atoms with Crippen molar-refractivity contribution in [2.24, 2.45) is 0 Å². The molecule has 2 aliphatic rings. The quantitative estimate of drug-likeness (QED) is 0.125. The van der Waals surface area contributed by atoms with Crippen LogP contribution in [-0.4, -0.2) is 116 Å². The summed E-state index contributed by atoms with van der Waals surface area (Å²) in [5.74, 6) is -0.622. The molecule has 10 atom stereocenters. The van der Waals surface area contributed by atoms with Crippen LogP contribution in [0.5, 0.6) is 0 Å². The minimum absolute atomic E-state index is 0.112. The van der Waals surface area contributed by atoms with Gasteiger partial charge in [-0.15, -0.1) is 0 Å². The zero-order valence-electron chi connectivity index (χ0n) is 18.1. The summed E-state index contributed by atoms with van der Waals surface area (Å²) in [5, 5.41) is 69.2. The average molecular weight is 468 g/mol. The highest BCUT2D eigenvalue weighted by molar-refractivity contribution is 5.69. The van der Waals surface area contributed by atoms with Crippen molar-refractivity contribution in [1.82, 2.24) is 0 Å². The van der Waals surface area contributed by atoms with Gasteiger partial charge in [-0.1, -0.05) is 32.6 Å². The van der Waals surface area contributed by atoms with Gasteiger partial charge in [-0.05, 0) is 6.42 Å². The van der Waals surface area contributed by atoms with Crippen LogP contribution in [0.2, 0.25) is 0 Å². The summed E-state index contributed by atoms with van der Waals surface area (Å²) in [5.41, 5.74) is 0. The van der Waals surface area contributed by atoms with Gasteiger partial charge in [-0.25, -0.2) is 0 Å². The molecule has 7 N–H and O–H groups in total. The van der Waals surface area contributed by atoms with Crippen molar-refractivity contribution in [3.8, 4) is 0 Å². The Hall–Kier alpha value is -0.930. The molecule has 2 fully saturated rings. The molecule has 0 amide bonds. The van der Waals surface area contributed by atoms with Gasteiger partial charge in [0.2, 0.25) is 6.29 Å². The first-order valence-electron chi connectivity index (χ1n) is 11.0. The number of carbonyl (C=O) groups excluding carboxylic acids is 1. The van der Waals surface area contributed by atoms with E-state index in [2.05, 4.69) is 6.92 Å². The van der Waals surface area contributed by atoms with Gasteiger partial charge < -0.3 is 54.7 Å². The van der Waals surface area contributed by atoms with Crippen LogP contribution in [-0.2, 0) is 23.7 Å². The molecule has 0 unspecified atom stereocenters. The monoisotopic (exact) mass is 468 g/mol. The Kier molecular flexibility index (Phi) is 11.2. The van der Waals surface area contributed by atoms with E-state index in [1.807, 2.05) is 0 Å². The van der Waals surface area contributed by atoms with Gasteiger partial charge in [0.1, 0.15) is 48.8 Å².